The highest BCUT2D eigenvalue weighted by molar-refractivity contribution is 5.69. The molecule has 1 amide bonds. The van der Waals surface area contributed by atoms with Gasteiger partial charge in [-0.15, -0.1) is 0 Å². The molecule has 1 fully saturated rings. The van der Waals surface area contributed by atoms with E-state index in [-0.39, 0.29) is 18.7 Å². The van der Waals surface area contributed by atoms with Gasteiger partial charge in [-0.2, -0.15) is 0 Å². The summed E-state index contributed by atoms with van der Waals surface area (Å²) < 4.78 is 10.8. The molecule has 0 saturated carbocycles. The first kappa shape index (κ1) is 19.3. The lowest BCUT2D eigenvalue weighted by Gasteiger charge is -2.42. The zero-order chi connectivity index (χ0) is 18.6. The molecule has 7 heteroatoms. The molecule has 140 valence electrons. The van der Waals surface area contributed by atoms with E-state index in [4.69, 9.17) is 15.2 Å². The summed E-state index contributed by atoms with van der Waals surface area (Å²) in [7, 11) is 1.62. The van der Waals surface area contributed by atoms with E-state index in [0.717, 1.165) is 11.3 Å². The van der Waals surface area contributed by atoms with Gasteiger partial charge in [0.2, 0.25) is 0 Å². The van der Waals surface area contributed by atoms with Crippen molar-refractivity contribution in [3.8, 4) is 0 Å². The van der Waals surface area contributed by atoms with Crippen LogP contribution in [0.25, 0.3) is 0 Å². The van der Waals surface area contributed by atoms with Gasteiger partial charge in [0.05, 0.1) is 19.3 Å². The Morgan fingerprint density at radius 3 is 2.68 bits per heavy atom. The van der Waals surface area contributed by atoms with Crippen molar-refractivity contribution in [2.45, 2.75) is 39.0 Å². The smallest absolute Gasteiger partial charge is 0.410 e. The van der Waals surface area contributed by atoms with Crippen molar-refractivity contribution < 1.29 is 19.4 Å². The highest BCUT2D eigenvalue weighted by atomic mass is 16.6. The van der Waals surface area contributed by atoms with E-state index < -0.39 is 5.60 Å². The first-order valence-corrected chi connectivity index (χ1v) is 8.48. The summed E-state index contributed by atoms with van der Waals surface area (Å²) >= 11 is 0. The molecule has 0 aromatic heterocycles. The number of nitrogens with two attached hydrogens (primary N) is 1. The fourth-order valence-electron chi connectivity index (χ4n) is 3.01. The van der Waals surface area contributed by atoms with Crippen LogP contribution in [0.3, 0.4) is 0 Å². The summed E-state index contributed by atoms with van der Waals surface area (Å²) in [6.07, 6.45) is -0.325. The van der Waals surface area contributed by atoms with Crippen LogP contribution in [0.4, 0.5) is 16.2 Å². The second kappa shape index (κ2) is 7.93. The van der Waals surface area contributed by atoms with Crippen LogP contribution in [0.5, 0.6) is 0 Å². The van der Waals surface area contributed by atoms with Gasteiger partial charge in [-0.25, -0.2) is 4.79 Å². The summed E-state index contributed by atoms with van der Waals surface area (Å²) in [5, 5.41) is 9.62. The van der Waals surface area contributed by atoms with Crippen LogP contribution in [0, 0.1) is 0 Å². The molecule has 1 aliphatic heterocycles. The van der Waals surface area contributed by atoms with Gasteiger partial charge in [0.1, 0.15) is 5.60 Å². The van der Waals surface area contributed by atoms with Gasteiger partial charge in [-0.05, 0) is 39.0 Å². The highest BCUT2D eigenvalue weighted by Gasteiger charge is 2.33. The molecule has 1 atom stereocenters. The molecular formula is C18H29N3O4. The van der Waals surface area contributed by atoms with E-state index in [1.807, 2.05) is 32.9 Å². The maximum atomic E-state index is 12.5. The third-order valence-corrected chi connectivity index (χ3v) is 4.08. The summed E-state index contributed by atoms with van der Waals surface area (Å²) in [4.78, 5) is 16.4. The van der Waals surface area contributed by atoms with Gasteiger partial charge >= 0.3 is 6.09 Å². The number of methoxy groups -OCH3 is 1. The molecule has 0 spiro atoms. The zero-order valence-electron chi connectivity index (χ0n) is 15.5. The number of aliphatic hydroxyl groups excluding tert-OH is 1. The molecule has 1 aliphatic rings. The summed E-state index contributed by atoms with van der Waals surface area (Å²) in [6.45, 7) is 7.68. The second-order valence-corrected chi connectivity index (χ2v) is 7.28. The molecule has 1 aromatic carbocycles. The minimum atomic E-state index is -0.535. The maximum Gasteiger partial charge on any atom is 0.410 e. The standard InChI is InChI=1S/C18H29N3O4/c1-18(2,3)25-17(23)21-8-7-20(10-15(21)12-24-4)16-6-5-14(19)9-13(16)11-22/h5-6,9,15,22H,7-8,10-12,19H2,1-4H3/t15-/m1/s1. The lowest BCUT2D eigenvalue weighted by atomic mass is 10.1. The van der Waals surface area contributed by atoms with Crippen LogP contribution in [0.1, 0.15) is 26.3 Å². The molecule has 25 heavy (non-hydrogen) atoms. The first-order valence-electron chi connectivity index (χ1n) is 8.48. The van der Waals surface area contributed by atoms with E-state index in [1.165, 1.54) is 0 Å². The number of piperazine rings is 1. The van der Waals surface area contributed by atoms with Gasteiger partial charge in [0.15, 0.2) is 0 Å². The molecule has 0 unspecified atom stereocenters. The number of carbonyl (C=O) groups excluding carboxylic acids is 1. The fraction of sp³-hybridized carbons (Fsp3) is 0.611. The van der Waals surface area contributed by atoms with E-state index in [2.05, 4.69) is 4.90 Å². The summed E-state index contributed by atoms with van der Waals surface area (Å²) in [5.74, 6) is 0. The maximum absolute atomic E-state index is 12.5. The van der Waals surface area contributed by atoms with Crippen molar-refractivity contribution in [2.75, 3.05) is 44.0 Å². The Hall–Kier alpha value is -1.99. The Labute approximate surface area is 149 Å². The molecular weight excluding hydrogens is 322 g/mol. The van der Waals surface area contributed by atoms with Crippen molar-refractivity contribution >= 4 is 17.5 Å². The average Bonchev–Trinajstić information content (AvgIpc) is 2.53. The third kappa shape index (κ3) is 4.99. The van der Waals surface area contributed by atoms with E-state index in [9.17, 15) is 9.90 Å². The van der Waals surface area contributed by atoms with Crippen LogP contribution in [-0.4, -0.2) is 61.1 Å². The summed E-state index contributed by atoms with van der Waals surface area (Å²) in [5.41, 5.74) is 7.60. The number of amides is 1. The number of hydrogen-bond donors (Lipinski definition) is 2. The second-order valence-electron chi connectivity index (χ2n) is 7.28. The number of anilines is 2. The van der Waals surface area contributed by atoms with E-state index >= 15 is 0 Å². The predicted molar refractivity (Wildman–Crippen MR) is 97.6 cm³/mol. The van der Waals surface area contributed by atoms with Crippen molar-refractivity contribution in [2.24, 2.45) is 0 Å². The number of aliphatic hydroxyl groups is 1. The van der Waals surface area contributed by atoms with Crippen molar-refractivity contribution in [1.29, 1.82) is 0 Å². The monoisotopic (exact) mass is 351 g/mol. The van der Waals surface area contributed by atoms with Crippen molar-refractivity contribution in [1.82, 2.24) is 4.90 Å². The molecule has 2 rings (SSSR count). The zero-order valence-corrected chi connectivity index (χ0v) is 15.5. The number of nitrogens with zero attached hydrogens (tertiary/aromatic N) is 2. The van der Waals surface area contributed by atoms with Crippen LogP contribution in [0.2, 0.25) is 0 Å². The topological polar surface area (TPSA) is 88.3 Å². The van der Waals surface area contributed by atoms with E-state index in [1.54, 1.807) is 18.1 Å². The number of ether oxygens (including phenoxy) is 2. The highest BCUT2D eigenvalue weighted by Crippen LogP contribution is 2.26. The van der Waals surface area contributed by atoms with Gasteiger partial charge in [-0.3, -0.25) is 4.90 Å². The number of carbonyl (C=O) groups is 1. The average molecular weight is 351 g/mol. The lowest BCUT2D eigenvalue weighted by Crippen LogP contribution is -2.58. The molecule has 1 saturated heterocycles. The molecule has 1 heterocycles. The first-order chi connectivity index (χ1) is 11.7. The molecule has 0 aliphatic carbocycles. The Bertz CT molecular complexity index is 600. The largest absolute Gasteiger partial charge is 0.444 e. The molecule has 0 radical (unpaired) electrons. The molecule has 1 aromatic rings. The van der Waals surface area contributed by atoms with Crippen molar-refractivity contribution in [3.63, 3.8) is 0 Å². The Morgan fingerprint density at radius 1 is 1.36 bits per heavy atom. The quantitative estimate of drug-likeness (QED) is 0.805. The molecule has 3 N–H and O–H groups in total. The minimum absolute atomic E-state index is 0.0817. The minimum Gasteiger partial charge on any atom is -0.444 e. The SMILES string of the molecule is COC[C@H]1CN(c2ccc(N)cc2CO)CCN1C(=O)OC(C)(C)C. The van der Waals surface area contributed by atoms with Crippen LogP contribution in [-0.2, 0) is 16.1 Å². The van der Waals surface area contributed by atoms with Gasteiger partial charge in [-0.1, -0.05) is 0 Å². The number of nitrogen functional groups attached to an aromatic ring is 1. The Balaban J connectivity index is 2.17. The van der Waals surface area contributed by atoms with Crippen LogP contribution < -0.4 is 10.6 Å². The Kier molecular flexibility index (Phi) is 6.13. The number of benzene rings is 1. The predicted octanol–water partition coefficient (Wildman–Crippen LogP) is 1.83. The normalized spacial score (nSPS) is 18.4. The summed E-state index contributed by atoms with van der Waals surface area (Å²) in [6, 6.07) is 5.38. The van der Waals surface area contributed by atoms with Gasteiger partial charge < -0.3 is 25.2 Å². The fourth-order valence-corrected chi connectivity index (χ4v) is 3.01. The van der Waals surface area contributed by atoms with Crippen LogP contribution in [0.15, 0.2) is 18.2 Å². The third-order valence-electron chi connectivity index (χ3n) is 4.08. The van der Waals surface area contributed by atoms with Gasteiger partial charge in [0, 0.05) is 43.7 Å². The van der Waals surface area contributed by atoms with Crippen molar-refractivity contribution in [3.05, 3.63) is 23.8 Å². The molecule has 0 bridgehead atoms. The number of hydrogen-bond acceptors (Lipinski definition) is 6. The van der Waals surface area contributed by atoms with Crippen LogP contribution >= 0.6 is 0 Å². The van der Waals surface area contributed by atoms with Gasteiger partial charge in [0.25, 0.3) is 0 Å². The molecule has 7 nitrogen and oxygen atoms in total. The lowest BCUT2D eigenvalue weighted by molar-refractivity contribution is 0.00341. The van der Waals surface area contributed by atoms with E-state index in [0.29, 0.717) is 31.9 Å². The Morgan fingerprint density at radius 2 is 2.08 bits per heavy atom. The number of rotatable bonds is 4.